The number of anilines is 1. The summed E-state index contributed by atoms with van der Waals surface area (Å²) >= 11 is 3.59. The molecule has 1 unspecified atom stereocenters. The summed E-state index contributed by atoms with van der Waals surface area (Å²) in [5.74, 6) is 0.564. The van der Waals surface area contributed by atoms with Gasteiger partial charge in [-0.1, -0.05) is 34.1 Å². The van der Waals surface area contributed by atoms with Gasteiger partial charge in [0.15, 0.2) is 0 Å². The number of nitrogen functional groups attached to an aromatic ring is 1. The van der Waals surface area contributed by atoms with Crippen molar-refractivity contribution in [1.82, 2.24) is 10.3 Å². The van der Waals surface area contributed by atoms with Crippen LogP contribution >= 0.6 is 15.9 Å². The number of benzene rings is 1. The number of hydrogen-bond acceptors (Lipinski definition) is 3. The van der Waals surface area contributed by atoms with Gasteiger partial charge >= 0.3 is 0 Å². The number of rotatable bonds is 4. The molecule has 0 radical (unpaired) electrons. The lowest BCUT2D eigenvalue weighted by molar-refractivity contribution is 0.589. The molecule has 1 aromatic carbocycles. The van der Waals surface area contributed by atoms with E-state index < -0.39 is 0 Å². The van der Waals surface area contributed by atoms with E-state index in [-0.39, 0.29) is 6.04 Å². The van der Waals surface area contributed by atoms with Crippen molar-refractivity contribution in [2.45, 2.75) is 12.5 Å². The van der Waals surface area contributed by atoms with Crippen molar-refractivity contribution in [3.8, 4) is 0 Å². The first-order valence-electron chi connectivity index (χ1n) is 5.83. The van der Waals surface area contributed by atoms with Crippen LogP contribution in [0.1, 0.15) is 17.2 Å². The van der Waals surface area contributed by atoms with E-state index in [0.717, 1.165) is 10.9 Å². The van der Waals surface area contributed by atoms with Crippen molar-refractivity contribution >= 4 is 21.7 Å². The highest BCUT2D eigenvalue weighted by Crippen LogP contribution is 2.25. The number of nitrogens with zero attached hydrogens (tertiary/aromatic N) is 1. The highest BCUT2D eigenvalue weighted by molar-refractivity contribution is 9.10. The molecule has 2 aromatic rings. The predicted octanol–water partition coefficient (Wildman–Crippen LogP) is 2.93. The van der Waals surface area contributed by atoms with Crippen LogP contribution in [0.15, 0.2) is 47.1 Å². The van der Waals surface area contributed by atoms with Crippen molar-refractivity contribution in [2.75, 3.05) is 12.8 Å². The van der Waals surface area contributed by atoms with Crippen LogP contribution in [-0.4, -0.2) is 12.0 Å². The Hall–Kier alpha value is -1.39. The molecule has 0 aliphatic rings. The summed E-state index contributed by atoms with van der Waals surface area (Å²) in [5.41, 5.74) is 8.13. The molecule has 0 bridgehead atoms. The summed E-state index contributed by atoms with van der Waals surface area (Å²) in [6.45, 7) is 0. The average molecular weight is 306 g/mol. The maximum absolute atomic E-state index is 5.70. The van der Waals surface area contributed by atoms with Gasteiger partial charge in [-0.2, -0.15) is 0 Å². The third-order valence-electron chi connectivity index (χ3n) is 2.91. The van der Waals surface area contributed by atoms with Crippen molar-refractivity contribution in [3.63, 3.8) is 0 Å². The van der Waals surface area contributed by atoms with Crippen LogP contribution < -0.4 is 11.1 Å². The lowest BCUT2D eigenvalue weighted by Crippen LogP contribution is -2.19. The molecule has 0 saturated heterocycles. The molecule has 94 valence electrons. The second-order valence-electron chi connectivity index (χ2n) is 4.16. The minimum Gasteiger partial charge on any atom is -0.384 e. The Morgan fingerprint density at radius 2 is 2.11 bits per heavy atom. The van der Waals surface area contributed by atoms with Crippen LogP contribution in [-0.2, 0) is 6.42 Å². The van der Waals surface area contributed by atoms with E-state index in [1.165, 1.54) is 11.1 Å². The Balaban J connectivity index is 2.23. The Kier molecular flexibility index (Phi) is 4.33. The van der Waals surface area contributed by atoms with E-state index in [4.69, 9.17) is 5.73 Å². The molecule has 3 nitrogen and oxygen atoms in total. The van der Waals surface area contributed by atoms with E-state index in [0.29, 0.717) is 5.82 Å². The number of nitrogens with one attached hydrogen (secondary N) is 1. The Bertz CT molecular complexity index is 528. The highest BCUT2D eigenvalue weighted by atomic mass is 79.9. The largest absolute Gasteiger partial charge is 0.384 e. The van der Waals surface area contributed by atoms with Crippen molar-refractivity contribution in [2.24, 2.45) is 0 Å². The fraction of sp³-hybridized carbons (Fsp3) is 0.214. The number of likely N-dealkylation sites (N-methyl/N-ethyl adjacent to an activating group) is 1. The fourth-order valence-electron chi connectivity index (χ4n) is 1.98. The molecular formula is C14H16BrN3. The monoisotopic (exact) mass is 305 g/mol. The predicted molar refractivity (Wildman–Crippen MR) is 78.3 cm³/mol. The van der Waals surface area contributed by atoms with Gasteiger partial charge < -0.3 is 11.1 Å². The summed E-state index contributed by atoms with van der Waals surface area (Å²) in [6.07, 6.45) is 2.63. The molecule has 0 aliphatic carbocycles. The van der Waals surface area contributed by atoms with E-state index in [2.05, 4.69) is 38.4 Å². The molecule has 0 amide bonds. The maximum Gasteiger partial charge on any atom is 0.123 e. The average Bonchev–Trinajstić information content (AvgIpc) is 2.37. The molecule has 1 atom stereocenters. The molecule has 0 saturated carbocycles. The zero-order chi connectivity index (χ0) is 13.0. The van der Waals surface area contributed by atoms with Crippen LogP contribution in [0.5, 0.6) is 0 Å². The summed E-state index contributed by atoms with van der Waals surface area (Å²) < 4.78 is 1.12. The van der Waals surface area contributed by atoms with Gasteiger partial charge in [-0.15, -0.1) is 0 Å². The number of aromatic nitrogens is 1. The third kappa shape index (κ3) is 3.09. The van der Waals surface area contributed by atoms with Crippen LogP contribution in [0.2, 0.25) is 0 Å². The van der Waals surface area contributed by atoms with Crippen LogP contribution in [0.3, 0.4) is 0 Å². The number of nitrogens with two attached hydrogens (primary N) is 1. The fourth-order valence-corrected chi connectivity index (χ4v) is 2.54. The quantitative estimate of drug-likeness (QED) is 0.913. The van der Waals surface area contributed by atoms with E-state index in [9.17, 15) is 0 Å². The van der Waals surface area contributed by atoms with Gasteiger partial charge in [0.25, 0.3) is 0 Å². The first-order valence-corrected chi connectivity index (χ1v) is 6.62. The van der Waals surface area contributed by atoms with Gasteiger partial charge in [0, 0.05) is 16.7 Å². The molecule has 18 heavy (non-hydrogen) atoms. The van der Waals surface area contributed by atoms with Gasteiger partial charge in [-0.3, -0.25) is 0 Å². The molecule has 0 aliphatic heterocycles. The molecule has 2 rings (SSSR count). The van der Waals surface area contributed by atoms with Crippen LogP contribution in [0.25, 0.3) is 0 Å². The van der Waals surface area contributed by atoms with Crippen molar-refractivity contribution in [3.05, 3.63) is 58.2 Å². The van der Waals surface area contributed by atoms with Gasteiger partial charge in [-0.05, 0) is 42.8 Å². The minimum atomic E-state index is 0.252. The SMILES string of the molecule is CNC(Cc1ccnc(N)c1)c1ccccc1Br. The minimum absolute atomic E-state index is 0.252. The molecule has 0 fully saturated rings. The van der Waals surface area contributed by atoms with E-state index >= 15 is 0 Å². The third-order valence-corrected chi connectivity index (χ3v) is 3.64. The second-order valence-corrected chi connectivity index (χ2v) is 5.01. The zero-order valence-corrected chi connectivity index (χ0v) is 11.8. The second kappa shape index (κ2) is 5.98. The molecule has 0 spiro atoms. The van der Waals surface area contributed by atoms with E-state index in [1.807, 2.05) is 31.3 Å². The topological polar surface area (TPSA) is 50.9 Å². The smallest absolute Gasteiger partial charge is 0.123 e. The molecule has 3 N–H and O–H groups in total. The molecule has 4 heteroatoms. The number of hydrogen-bond donors (Lipinski definition) is 2. The Labute approximate surface area is 116 Å². The first-order chi connectivity index (χ1) is 8.70. The lowest BCUT2D eigenvalue weighted by atomic mass is 9.99. The lowest BCUT2D eigenvalue weighted by Gasteiger charge is -2.18. The van der Waals surface area contributed by atoms with E-state index in [1.54, 1.807) is 6.20 Å². The zero-order valence-electron chi connectivity index (χ0n) is 10.2. The summed E-state index contributed by atoms with van der Waals surface area (Å²) in [7, 11) is 1.97. The molecule has 1 heterocycles. The normalized spacial score (nSPS) is 12.3. The molecular weight excluding hydrogens is 290 g/mol. The Morgan fingerprint density at radius 3 is 2.78 bits per heavy atom. The standard InChI is InChI=1S/C14H16BrN3/c1-17-13(11-4-2-3-5-12(11)15)8-10-6-7-18-14(16)9-10/h2-7,9,13,17H,8H2,1H3,(H2,16,18). The summed E-state index contributed by atoms with van der Waals surface area (Å²) in [5, 5.41) is 3.34. The number of halogens is 1. The van der Waals surface area contributed by atoms with Gasteiger partial charge in [0.2, 0.25) is 0 Å². The van der Waals surface area contributed by atoms with Gasteiger partial charge in [-0.25, -0.2) is 4.98 Å². The van der Waals surface area contributed by atoms with Crippen LogP contribution in [0.4, 0.5) is 5.82 Å². The van der Waals surface area contributed by atoms with Gasteiger partial charge in [0.05, 0.1) is 0 Å². The van der Waals surface area contributed by atoms with Crippen molar-refractivity contribution < 1.29 is 0 Å². The van der Waals surface area contributed by atoms with Gasteiger partial charge in [0.1, 0.15) is 5.82 Å². The summed E-state index contributed by atoms with van der Waals surface area (Å²) in [6, 6.07) is 12.4. The molecule has 1 aromatic heterocycles. The first kappa shape index (κ1) is 13.1. The summed E-state index contributed by atoms with van der Waals surface area (Å²) in [4.78, 5) is 4.01. The number of pyridine rings is 1. The van der Waals surface area contributed by atoms with Crippen LogP contribution in [0, 0.1) is 0 Å². The van der Waals surface area contributed by atoms with Crippen molar-refractivity contribution in [1.29, 1.82) is 0 Å². The maximum atomic E-state index is 5.70. The highest BCUT2D eigenvalue weighted by Gasteiger charge is 2.12. The Morgan fingerprint density at radius 1 is 1.33 bits per heavy atom.